The molecule has 1 aliphatic rings. The third-order valence-electron chi connectivity index (χ3n) is 3.67. The molecule has 1 aromatic carbocycles. The van der Waals surface area contributed by atoms with Crippen molar-refractivity contribution in [2.45, 2.75) is 25.8 Å². The number of amides is 1. The van der Waals surface area contributed by atoms with Crippen molar-refractivity contribution in [1.29, 1.82) is 0 Å². The Kier molecular flexibility index (Phi) is 3.31. The van der Waals surface area contributed by atoms with Crippen LogP contribution in [0, 0.1) is 5.92 Å². The van der Waals surface area contributed by atoms with Crippen LogP contribution >= 0.6 is 0 Å². The Morgan fingerprint density at radius 3 is 3.10 bits per heavy atom. The van der Waals surface area contributed by atoms with Crippen LogP contribution in [-0.2, 0) is 4.79 Å². The molecular formula is C14H17N3O3. The highest BCUT2D eigenvalue weighted by molar-refractivity contribution is 5.96. The van der Waals surface area contributed by atoms with Gasteiger partial charge < -0.3 is 15.1 Å². The first kappa shape index (κ1) is 12.9. The molecule has 1 saturated heterocycles. The minimum Gasteiger partial charge on any atom is -0.408 e. The molecule has 2 atom stereocenters. The minimum absolute atomic E-state index is 0.0401. The number of hydrogen-bond donors (Lipinski definition) is 3. The van der Waals surface area contributed by atoms with Crippen LogP contribution < -0.4 is 16.4 Å². The average Bonchev–Trinajstić information content (AvgIpc) is 2.78. The molecule has 0 saturated carbocycles. The zero-order valence-electron chi connectivity index (χ0n) is 11.2. The van der Waals surface area contributed by atoms with Crippen molar-refractivity contribution in [2.75, 3.05) is 11.9 Å². The monoisotopic (exact) mass is 275 g/mol. The van der Waals surface area contributed by atoms with Crippen molar-refractivity contribution in [3.63, 3.8) is 0 Å². The number of aromatic nitrogens is 1. The van der Waals surface area contributed by atoms with Gasteiger partial charge in [-0.1, -0.05) is 6.92 Å². The lowest BCUT2D eigenvalue weighted by Gasteiger charge is -2.27. The van der Waals surface area contributed by atoms with Crippen LogP contribution in [0.15, 0.2) is 27.4 Å². The number of anilines is 1. The standard InChI is InChI=1S/C14H17N3O3/c1-8-4-5-15-11(6-8)13(18)16-9-2-3-12-10(7-9)17-14(19)20-12/h2-3,7-8,11,15H,4-6H2,1H3,(H,16,18)(H,17,19). The normalized spacial score (nSPS) is 22.9. The highest BCUT2D eigenvalue weighted by Crippen LogP contribution is 2.19. The predicted molar refractivity (Wildman–Crippen MR) is 75.7 cm³/mol. The molecule has 106 valence electrons. The molecule has 1 fully saturated rings. The van der Waals surface area contributed by atoms with E-state index in [0.717, 1.165) is 19.4 Å². The lowest BCUT2D eigenvalue weighted by atomic mass is 9.94. The lowest BCUT2D eigenvalue weighted by molar-refractivity contribution is -0.119. The highest BCUT2D eigenvalue weighted by Gasteiger charge is 2.24. The summed E-state index contributed by atoms with van der Waals surface area (Å²) < 4.78 is 4.92. The van der Waals surface area contributed by atoms with E-state index in [-0.39, 0.29) is 11.9 Å². The highest BCUT2D eigenvalue weighted by atomic mass is 16.4. The number of aromatic amines is 1. The summed E-state index contributed by atoms with van der Waals surface area (Å²) in [4.78, 5) is 25.8. The zero-order chi connectivity index (χ0) is 14.1. The fourth-order valence-electron chi connectivity index (χ4n) is 2.57. The number of benzene rings is 1. The summed E-state index contributed by atoms with van der Waals surface area (Å²) in [5, 5.41) is 6.09. The molecule has 0 radical (unpaired) electrons. The van der Waals surface area contributed by atoms with E-state index < -0.39 is 5.76 Å². The summed E-state index contributed by atoms with van der Waals surface area (Å²) in [6.07, 6.45) is 1.95. The molecular weight excluding hydrogens is 258 g/mol. The third-order valence-corrected chi connectivity index (χ3v) is 3.67. The molecule has 0 spiro atoms. The number of hydrogen-bond acceptors (Lipinski definition) is 4. The first-order valence-electron chi connectivity index (χ1n) is 6.79. The lowest BCUT2D eigenvalue weighted by Crippen LogP contribution is -2.45. The van der Waals surface area contributed by atoms with Crippen LogP contribution in [0.5, 0.6) is 0 Å². The molecule has 2 aromatic rings. The molecule has 2 unspecified atom stereocenters. The number of oxazole rings is 1. The van der Waals surface area contributed by atoms with Gasteiger partial charge in [-0.15, -0.1) is 0 Å². The Labute approximate surface area is 115 Å². The fraction of sp³-hybridized carbons (Fsp3) is 0.429. The van der Waals surface area contributed by atoms with E-state index in [2.05, 4.69) is 22.5 Å². The maximum absolute atomic E-state index is 12.2. The van der Waals surface area contributed by atoms with Crippen LogP contribution in [-0.4, -0.2) is 23.5 Å². The quantitative estimate of drug-likeness (QED) is 0.774. The number of rotatable bonds is 2. The van der Waals surface area contributed by atoms with Gasteiger partial charge in [0.2, 0.25) is 5.91 Å². The molecule has 1 amide bonds. The molecule has 20 heavy (non-hydrogen) atoms. The molecule has 3 rings (SSSR count). The number of carbonyl (C=O) groups excluding carboxylic acids is 1. The second kappa shape index (κ2) is 5.13. The van der Waals surface area contributed by atoms with Crippen LogP contribution in [0.4, 0.5) is 5.69 Å². The van der Waals surface area contributed by atoms with E-state index in [4.69, 9.17) is 4.42 Å². The van der Waals surface area contributed by atoms with E-state index >= 15 is 0 Å². The number of carbonyl (C=O) groups is 1. The van der Waals surface area contributed by atoms with Crippen LogP contribution in [0.1, 0.15) is 19.8 Å². The van der Waals surface area contributed by atoms with E-state index in [9.17, 15) is 9.59 Å². The predicted octanol–water partition coefficient (Wildman–Crippen LogP) is 1.45. The number of nitrogens with one attached hydrogen (secondary N) is 3. The number of fused-ring (bicyclic) bond motifs is 1. The summed E-state index contributed by atoms with van der Waals surface area (Å²) in [5.74, 6) is 0.0210. The van der Waals surface area contributed by atoms with E-state index in [1.165, 1.54) is 0 Å². The average molecular weight is 275 g/mol. The van der Waals surface area contributed by atoms with Crippen molar-refractivity contribution in [3.05, 3.63) is 28.7 Å². The first-order valence-corrected chi connectivity index (χ1v) is 6.79. The van der Waals surface area contributed by atoms with E-state index in [0.29, 0.717) is 22.7 Å². The molecule has 1 aromatic heterocycles. The second-order valence-corrected chi connectivity index (χ2v) is 5.35. The van der Waals surface area contributed by atoms with Gasteiger partial charge in [0.1, 0.15) is 0 Å². The summed E-state index contributed by atoms with van der Waals surface area (Å²) in [6.45, 7) is 3.02. The zero-order valence-corrected chi connectivity index (χ0v) is 11.2. The first-order chi connectivity index (χ1) is 9.61. The van der Waals surface area contributed by atoms with Crippen molar-refractivity contribution in [2.24, 2.45) is 5.92 Å². The third kappa shape index (κ3) is 2.60. The topological polar surface area (TPSA) is 87.1 Å². The van der Waals surface area contributed by atoms with Crippen LogP contribution in [0.3, 0.4) is 0 Å². The molecule has 0 aliphatic carbocycles. The summed E-state index contributed by atoms with van der Waals surface area (Å²) in [5.41, 5.74) is 1.72. The SMILES string of the molecule is CC1CCNC(C(=O)Nc2ccc3oc(=O)[nH]c3c2)C1. The Hall–Kier alpha value is -2.08. The van der Waals surface area contributed by atoms with Crippen LogP contribution in [0.2, 0.25) is 0 Å². The molecule has 0 bridgehead atoms. The summed E-state index contributed by atoms with van der Waals surface area (Å²) >= 11 is 0. The number of piperidine rings is 1. The Morgan fingerprint density at radius 1 is 1.45 bits per heavy atom. The van der Waals surface area contributed by atoms with Gasteiger partial charge in [-0.2, -0.15) is 0 Å². The van der Waals surface area contributed by atoms with Gasteiger partial charge >= 0.3 is 5.76 Å². The Balaban J connectivity index is 1.74. The maximum Gasteiger partial charge on any atom is 0.417 e. The molecule has 6 nitrogen and oxygen atoms in total. The second-order valence-electron chi connectivity index (χ2n) is 5.35. The van der Waals surface area contributed by atoms with Gasteiger partial charge in [0.05, 0.1) is 11.6 Å². The van der Waals surface area contributed by atoms with Crippen molar-refractivity contribution in [1.82, 2.24) is 10.3 Å². The Morgan fingerprint density at radius 2 is 2.30 bits per heavy atom. The summed E-state index contributed by atoms with van der Waals surface area (Å²) in [7, 11) is 0. The van der Waals surface area contributed by atoms with Gasteiger partial charge in [-0.3, -0.25) is 9.78 Å². The molecule has 6 heteroatoms. The van der Waals surface area contributed by atoms with Gasteiger partial charge in [-0.25, -0.2) is 4.79 Å². The minimum atomic E-state index is -0.494. The van der Waals surface area contributed by atoms with Gasteiger partial charge in [0.25, 0.3) is 0 Å². The molecule has 1 aliphatic heterocycles. The van der Waals surface area contributed by atoms with Crippen molar-refractivity contribution >= 4 is 22.7 Å². The maximum atomic E-state index is 12.2. The van der Waals surface area contributed by atoms with E-state index in [1.54, 1.807) is 18.2 Å². The molecule has 2 heterocycles. The smallest absolute Gasteiger partial charge is 0.408 e. The van der Waals surface area contributed by atoms with Gasteiger partial charge in [0.15, 0.2) is 5.58 Å². The summed E-state index contributed by atoms with van der Waals surface area (Å²) in [6, 6.07) is 4.94. The van der Waals surface area contributed by atoms with Crippen LogP contribution in [0.25, 0.3) is 11.1 Å². The fourth-order valence-corrected chi connectivity index (χ4v) is 2.57. The Bertz CT molecular complexity index is 688. The van der Waals surface area contributed by atoms with Gasteiger partial charge in [-0.05, 0) is 43.5 Å². The number of H-pyrrole nitrogens is 1. The van der Waals surface area contributed by atoms with Crippen molar-refractivity contribution < 1.29 is 9.21 Å². The van der Waals surface area contributed by atoms with Gasteiger partial charge in [0, 0.05) is 5.69 Å². The molecule has 3 N–H and O–H groups in total. The largest absolute Gasteiger partial charge is 0.417 e. The van der Waals surface area contributed by atoms with E-state index in [1.807, 2.05) is 0 Å². The van der Waals surface area contributed by atoms with Crippen molar-refractivity contribution in [3.8, 4) is 0 Å².